The minimum Gasteiger partial charge on any atom is -0.412 e. The molecule has 0 aromatic carbocycles. The lowest BCUT2D eigenvalue weighted by atomic mass is 9.94. The van der Waals surface area contributed by atoms with Gasteiger partial charge in [0.05, 0.1) is 0 Å². The molecule has 0 aromatic rings. The highest BCUT2D eigenvalue weighted by Crippen LogP contribution is 2.33. The number of hydrogen-bond donors (Lipinski definition) is 0. The molecule has 1 nitrogen and oxygen atoms in total. The molecule has 2 N–H and O–H groups in total. The molecule has 1 aliphatic carbocycles. The zero-order valence-electron chi connectivity index (χ0n) is 6.52. The standard InChI is InChI=1S/C8H13P.H2O/c1-7-5-3-4-6-8(7,2)9;/h3-5H,6,9H2,1-2H3;1H2. The summed E-state index contributed by atoms with van der Waals surface area (Å²) in [6.45, 7) is 4.42. The van der Waals surface area contributed by atoms with Crippen molar-refractivity contribution in [1.82, 2.24) is 0 Å². The molecule has 0 aromatic heterocycles. The van der Waals surface area contributed by atoms with Crippen LogP contribution in [-0.4, -0.2) is 10.6 Å². The highest BCUT2D eigenvalue weighted by Gasteiger charge is 2.19. The predicted molar refractivity (Wildman–Crippen MR) is 49.2 cm³/mol. The highest BCUT2D eigenvalue weighted by atomic mass is 31.0. The Balaban J connectivity index is 0.000000810. The van der Waals surface area contributed by atoms with Crippen LogP contribution in [0.5, 0.6) is 0 Å². The summed E-state index contributed by atoms with van der Waals surface area (Å²) < 4.78 is 0. The van der Waals surface area contributed by atoms with Crippen molar-refractivity contribution in [1.29, 1.82) is 0 Å². The summed E-state index contributed by atoms with van der Waals surface area (Å²) in [6.07, 6.45) is 7.66. The van der Waals surface area contributed by atoms with Crippen LogP contribution in [0.15, 0.2) is 23.8 Å². The first-order valence-electron chi connectivity index (χ1n) is 3.26. The minimum atomic E-state index is 0. The third-order valence-electron chi connectivity index (χ3n) is 1.93. The molecule has 1 rings (SSSR count). The fourth-order valence-corrected chi connectivity index (χ4v) is 1.11. The van der Waals surface area contributed by atoms with E-state index in [0.29, 0.717) is 5.16 Å². The van der Waals surface area contributed by atoms with Gasteiger partial charge in [-0.2, -0.15) is 0 Å². The van der Waals surface area contributed by atoms with Gasteiger partial charge in [-0.15, -0.1) is 9.24 Å². The summed E-state index contributed by atoms with van der Waals surface area (Å²) in [5, 5.41) is 0.328. The molecule has 2 unspecified atom stereocenters. The van der Waals surface area contributed by atoms with Crippen LogP contribution in [0.3, 0.4) is 0 Å². The first kappa shape index (κ1) is 9.87. The summed E-state index contributed by atoms with van der Waals surface area (Å²) in [6, 6.07) is 0. The Morgan fingerprint density at radius 2 is 2.20 bits per heavy atom. The summed E-state index contributed by atoms with van der Waals surface area (Å²) in [5.41, 5.74) is 1.45. The van der Waals surface area contributed by atoms with E-state index >= 15 is 0 Å². The molecular formula is C8H15OP. The van der Waals surface area contributed by atoms with E-state index in [1.54, 1.807) is 0 Å². The summed E-state index contributed by atoms with van der Waals surface area (Å²) in [7, 11) is 2.88. The van der Waals surface area contributed by atoms with Crippen LogP contribution in [0, 0.1) is 0 Å². The number of hydrogen-bond acceptors (Lipinski definition) is 0. The molecule has 0 saturated carbocycles. The van der Waals surface area contributed by atoms with Crippen LogP contribution in [0.2, 0.25) is 0 Å². The first-order chi connectivity index (χ1) is 4.13. The topological polar surface area (TPSA) is 31.5 Å². The van der Waals surface area contributed by atoms with E-state index in [1.807, 2.05) is 0 Å². The fraction of sp³-hybridized carbons (Fsp3) is 0.500. The Hall–Kier alpha value is -0.130. The Morgan fingerprint density at radius 3 is 2.50 bits per heavy atom. The zero-order chi connectivity index (χ0) is 6.91. The SMILES string of the molecule is CC1=CC=CCC1(C)P.O. The van der Waals surface area contributed by atoms with Gasteiger partial charge < -0.3 is 5.48 Å². The van der Waals surface area contributed by atoms with Crippen molar-refractivity contribution in [3.05, 3.63) is 23.8 Å². The van der Waals surface area contributed by atoms with Gasteiger partial charge in [-0.3, -0.25) is 0 Å². The third kappa shape index (κ3) is 1.93. The third-order valence-corrected chi connectivity index (χ3v) is 2.62. The van der Waals surface area contributed by atoms with E-state index in [0.717, 1.165) is 6.42 Å². The Labute approximate surface area is 64.7 Å². The number of rotatable bonds is 0. The maximum atomic E-state index is 2.88. The molecule has 2 heteroatoms. The quantitative estimate of drug-likeness (QED) is 0.480. The molecule has 0 aliphatic heterocycles. The largest absolute Gasteiger partial charge is 0.412 e. The summed E-state index contributed by atoms with van der Waals surface area (Å²) >= 11 is 0. The molecule has 2 atom stereocenters. The normalized spacial score (nSPS) is 30.9. The average molecular weight is 158 g/mol. The van der Waals surface area contributed by atoms with E-state index in [-0.39, 0.29) is 5.48 Å². The molecule has 0 heterocycles. The minimum absolute atomic E-state index is 0. The van der Waals surface area contributed by atoms with Crippen LogP contribution in [0.1, 0.15) is 20.3 Å². The van der Waals surface area contributed by atoms with Crippen molar-refractivity contribution in [2.75, 3.05) is 0 Å². The lowest BCUT2D eigenvalue weighted by Crippen LogP contribution is -2.17. The Kier molecular flexibility index (Phi) is 3.27. The first-order valence-corrected chi connectivity index (χ1v) is 3.83. The predicted octanol–water partition coefficient (Wildman–Crippen LogP) is 1.70. The Morgan fingerprint density at radius 1 is 1.60 bits per heavy atom. The van der Waals surface area contributed by atoms with Crippen LogP contribution in [0.25, 0.3) is 0 Å². The van der Waals surface area contributed by atoms with Crippen molar-refractivity contribution in [2.45, 2.75) is 25.4 Å². The highest BCUT2D eigenvalue weighted by molar-refractivity contribution is 7.19. The lowest BCUT2D eigenvalue weighted by Gasteiger charge is -2.25. The second-order valence-electron chi connectivity index (χ2n) is 2.90. The molecule has 0 saturated heterocycles. The van der Waals surface area contributed by atoms with Crippen molar-refractivity contribution in [2.24, 2.45) is 0 Å². The number of allylic oxidation sites excluding steroid dienone is 4. The van der Waals surface area contributed by atoms with Gasteiger partial charge in [0.2, 0.25) is 0 Å². The van der Waals surface area contributed by atoms with Crippen molar-refractivity contribution in [3.8, 4) is 0 Å². The van der Waals surface area contributed by atoms with Gasteiger partial charge in [0.1, 0.15) is 0 Å². The van der Waals surface area contributed by atoms with Gasteiger partial charge in [-0.1, -0.05) is 30.7 Å². The second kappa shape index (κ2) is 3.32. The molecule has 0 spiro atoms. The molecule has 0 bridgehead atoms. The molecule has 0 radical (unpaired) electrons. The molecule has 1 aliphatic rings. The van der Waals surface area contributed by atoms with Crippen LogP contribution < -0.4 is 0 Å². The van der Waals surface area contributed by atoms with Gasteiger partial charge in [-0.05, 0) is 13.3 Å². The van der Waals surface area contributed by atoms with Crippen LogP contribution in [0.4, 0.5) is 0 Å². The molecule has 0 fully saturated rings. The van der Waals surface area contributed by atoms with Crippen molar-refractivity contribution >= 4 is 9.24 Å². The molecular weight excluding hydrogens is 143 g/mol. The van der Waals surface area contributed by atoms with Gasteiger partial charge in [-0.25, -0.2) is 0 Å². The Bertz CT molecular complexity index is 168. The summed E-state index contributed by atoms with van der Waals surface area (Å²) in [5.74, 6) is 0. The van der Waals surface area contributed by atoms with Gasteiger partial charge in [0.25, 0.3) is 0 Å². The monoisotopic (exact) mass is 158 g/mol. The van der Waals surface area contributed by atoms with E-state index < -0.39 is 0 Å². The molecule has 58 valence electrons. The van der Waals surface area contributed by atoms with E-state index in [4.69, 9.17) is 0 Å². The smallest absolute Gasteiger partial charge is 0.00632 e. The van der Waals surface area contributed by atoms with Crippen LogP contribution in [-0.2, 0) is 0 Å². The van der Waals surface area contributed by atoms with Gasteiger partial charge in [0, 0.05) is 5.16 Å². The van der Waals surface area contributed by atoms with E-state index in [1.165, 1.54) is 5.57 Å². The zero-order valence-corrected chi connectivity index (χ0v) is 7.67. The average Bonchev–Trinajstić information content (AvgIpc) is 1.77. The molecule has 10 heavy (non-hydrogen) atoms. The van der Waals surface area contributed by atoms with Crippen molar-refractivity contribution in [3.63, 3.8) is 0 Å². The fourth-order valence-electron chi connectivity index (χ4n) is 0.877. The summed E-state index contributed by atoms with van der Waals surface area (Å²) in [4.78, 5) is 0. The van der Waals surface area contributed by atoms with Crippen molar-refractivity contribution < 1.29 is 5.48 Å². The molecule has 0 amide bonds. The lowest BCUT2D eigenvalue weighted by molar-refractivity contribution is 0.746. The van der Waals surface area contributed by atoms with Crippen LogP contribution >= 0.6 is 9.24 Å². The maximum Gasteiger partial charge on any atom is 0.00632 e. The van der Waals surface area contributed by atoms with E-state index in [2.05, 4.69) is 41.3 Å². The van der Waals surface area contributed by atoms with Gasteiger partial charge >= 0.3 is 0 Å². The maximum absolute atomic E-state index is 2.88. The van der Waals surface area contributed by atoms with Gasteiger partial charge in [0.15, 0.2) is 0 Å². The van der Waals surface area contributed by atoms with E-state index in [9.17, 15) is 0 Å². The second-order valence-corrected chi connectivity index (χ2v) is 4.17.